The summed E-state index contributed by atoms with van der Waals surface area (Å²) in [5, 5.41) is 10.2. The predicted octanol–water partition coefficient (Wildman–Crippen LogP) is 2.35. The first kappa shape index (κ1) is 14.3. The van der Waals surface area contributed by atoms with Gasteiger partial charge < -0.3 is 11.1 Å². The molecule has 0 spiro atoms. The highest BCUT2D eigenvalue weighted by atomic mass is 79.9. The van der Waals surface area contributed by atoms with Crippen molar-refractivity contribution in [3.8, 4) is 0 Å². The Morgan fingerprint density at radius 3 is 2.63 bits per heavy atom. The number of hydrogen-bond acceptors (Lipinski definition) is 5. The molecule has 5 N–H and O–H groups in total. The van der Waals surface area contributed by atoms with Crippen LogP contribution in [-0.2, 0) is 16.6 Å². The van der Waals surface area contributed by atoms with Crippen LogP contribution in [0.4, 0.5) is 11.4 Å². The summed E-state index contributed by atoms with van der Waals surface area (Å²) in [6.45, 7) is 0.517. The van der Waals surface area contributed by atoms with Gasteiger partial charge in [-0.2, -0.15) is 0 Å². The zero-order valence-corrected chi connectivity index (χ0v) is 13.0. The molecule has 5 nitrogen and oxygen atoms in total. The molecule has 0 fully saturated rings. The molecule has 0 atom stereocenters. The first-order valence-corrected chi connectivity index (χ1v) is 8.47. The molecule has 0 aliphatic heterocycles. The summed E-state index contributed by atoms with van der Waals surface area (Å²) in [4.78, 5) is 1.08. The van der Waals surface area contributed by atoms with Gasteiger partial charge in [0.1, 0.15) is 4.90 Å². The quantitative estimate of drug-likeness (QED) is 0.727. The second kappa shape index (κ2) is 5.49. The number of hydrogen-bond donors (Lipinski definition) is 3. The number of nitrogens with two attached hydrogens (primary N) is 2. The van der Waals surface area contributed by atoms with Crippen molar-refractivity contribution in [1.82, 2.24) is 0 Å². The van der Waals surface area contributed by atoms with Crippen LogP contribution in [0.2, 0.25) is 0 Å². The second-order valence-electron chi connectivity index (χ2n) is 3.89. The minimum Gasteiger partial charge on any atom is -0.399 e. The number of benzene rings is 1. The molecule has 0 amide bonds. The second-order valence-corrected chi connectivity index (χ2v) is 7.33. The molecule has 0 saturated carbocycles. The van der Waals surface area contributed by atoms with E-state index in [1.807, 2.05) is 11.4 Å². The highest BCUT2D eigenvalue weighted by Crippen LogP contribution is 2.25. The number of halogens is 1. The molecule has 0 unspecified atom stereocenters. The van der Waals surface area contributed by atoms with Crippen molar-refractivity contribution in [2.45, 2.75) is 11.4 Å². The van der Waals surface area contributed by atoms with Crippen molar-refractivity contribution in [2.24, 2.45) is 5.14 Å². The van der Waals surface area contributed by atoms with E-state index in [9.17, 15) is 8.42 Å². The summed E-state index contributed by atoms with van der Waals surface area (Å²) in [7, 11) is -3.80. The van der Waals surface area contributed by atoms with Gasteiger partial charge >= 0.3 is 0 Å². The SMILES string of the molecule is Nc1ccc(NCc2cc(Br)cs2)c(S(N)(=O)=O)c1. The minimum absolute atomic E-state index is 0.00289. The Bertz CT molecular complexity index is 698. The van der Waals surface area contributed by atoms with Gasteiger partial charge in [0.05, 0.1) is 5.69 Å². The fourth-order valence-electron chi connectivity index (χ4n) is 1.55. The first-order chi connectivity index (χ1) is 8.86. The maximum atomic E-state index is 11.5. The number of primary sulfonamides is 1. The third-order valence-electron chi connectivity index (χ3n) is 2.39. The molecule has 2 aromatic rings. The third-order valence-corrected chi connectivity index (χ3v) is 5.04. The zero-order valence-electron chi connectivity index (χ0n) is 9.76. The standard InChI is InChI=1S/C11H12BrN3O2S2/c12-7-3-9(18-6-7)5-15-10-2-1-8(13)4-11(10)19(14,16)17/h1-4,6,15H,5,13H2,(H2,14,16,17). The summed E-state index contributed by atoms with van der Waals surface area (Å²) in [6, 6.07) is 6.55. The van der Waals surface area contributed by atoms with Crippen molar-refractivity contribution >= 4 is 48.7 Å². The average molecular weight is 362 g/mol. The van der Waals surface area contributed by atoms with Crippen LogP contribution in [0, 0.1) is 0 Å². The summed E-state index contributed by atoms with van der Waals surface area (Å²) in [5.41, 5.74) is 6.38. The smallest absolute Gasteiger partial charge is 0.240 e. The average Bonchev–Trinajstić information content (AvgIpc) is 2.72. The first-order valence-electron chi connectivity index (χ1n) is 5.25. The minimum atomic E-state index is -3.80. The van der Waals surface area contributed by atoms with E-state index in [0.29, 0.717) is 17.9 Å². The number of anilines is 2. The Morgan fingerprint density at radius 2 is 2.05 bits per heavy atom. The van der Waals surface area contributed by atoms with Crippen molar-refractivity contribution < 1.29 is 8.42 Å². The van der Waals surface area contributed by atoms with E-state index < -0.39 is 10.0 Å². The molecule has 0 saturated heterocycles. The molecule has 1 aromatic heterocycles. The van der Waals surface area contributed by atoms with E-state index in [1.165, 1.54) is 6.07 Å². The lowest BCUT2D eigenvalue weighted by atomic mass is 10.3. The lowest BCUT2D eigenvalue weighted by molar-refractivity contribution is 0.598. The van der Waals surface area contributed by atoms with Gasteiger partial charge in [-0.25, -0.2) is 13.6 Å². The number of sulfonamides is 1. The van der Waals surface area contributed by atoms with E-state index in [4.69, 9.17) is 10.9 Å². The fourth-order valence-corrected chi connectivity index (χ4v) is 3.69. The van der Waals surface area contributed by atoms with Gasteiger partial charge in [0.2, 0.25) is 10.0 Å². The molecule has 102 valence electrons. The van der Waals surface area contributed by atoms with Crippen LogP contribution in [0.1, 0.15) is 4.88 Å². The molecular weight excluding hydrogens is 350 g/mol. The third kappa shape index (κ3) is 3.69. The normalized spacial score (nSPS) is 11.5. The molecule has 19 heavy (non-hydrogen) atoms. The number of nitrogen functional groups attached to an aromatic ring is 1. The summed E-state index contributed by atoms with van der Waals surface area (Å²) >= 11 is 4.93. The number of rotatable bonds is 4. The molecule has 8 heteroatoms. The summed E-state index contributed by atoms with van der Waals surface area (Å²) in [5.74, 6) is 0. The molecule has 0 bridgehead atoms. The highest BCUT2D eigenvalue weighted by molar-refractivity contribution is 9.10. The molecule has 0 aliphatic rings. The Hall–Kier alpha value is -1.09. The van der Waals surface area contributed by atoms with E-state index in [1.54, 1.807) is 23.5 Å². The Labute approximate surface area is 123 Å². The van der Waals surface area contributed by atoms with E-state index in [2.05, 4.69) is 21.2 Å². The topological polar surface area (TPSA) is 98.2 Å². The van der Waals surface area contributed by atoms with E-state index in [-0.39, 0.29) is 4.90 Å². The molecule has 0 radical (unpaired) electrons. The van der Waals surface area contributed by atoms with Crippen molar-refractivity contribution in [1.29, 1.82) is 0 Å². The Kier molecular flexibility index (Phi) is 4.14. The highest BCUT2D eigenvalue weighted by Gasteiger charge is 2.14. The fraction of sp³-hybridized carbons (Fsp3) is 0.0909. The Morgan fingerprint density at radius 1 is 1.32 bits per heavy atom. The van der Waals surface area contributed by atoms with Gasteiger partial charge in [-0.05, 0) is 40.2 Å². The van der Waals surface area contributed by atoms with E-state index >= 15 is 0 Å². The van der Waals surface area contributed by atoms with Crippen LogP contribution >= 0.6 is 27.3 Å². The lowest BCUT2D eigenvalue weighted by Gasteiger charge is -2.10. The van der Waals surface area contributed by atoms with Crippen LogP contribution < -0.4 is 16.2 Å². The summed E-state index contributed by atoms with van der Waals surface area (Å²) < 4.78 is 24.0. The van der Waals surface area contributed by atoms with Crippen LogP contribution in [-0.4, -0.2) is 8.42 Å². The Balaban J connectivity index is 2.25. The number of nitrogens with one attached hydrogen (secondary N) is 1. The largest absolute Gasteiger partial charge is 0.399 e. The monoisotopic (exact) mass is 361 g/mol. The van der Waals surface area contributed by atoms with Crippen molar-refractivity contribution in [2.75, 3.05) is 11.1 Å². The molecule has 0 aliphatic carbocycles. The van der Waals surface area contributed by atoms with Crippen LogP contribution in [0.5, 0.6) is 0 Å². The van der Waals surface area contributed by atoms with Gasteiger partial charge in [0.15, 0.2) is 0 Å². The van der Waals surface area contributed by atoms with E-state index in [0.717, 1.165) is 9.35 Å². The van der Waals surface area contributed by atoms with Crippen molar-refractivity contribution in [3.63, 3.8) is 0 Å². The maximum Gasteiger partial charge on any atom is 0.240 e. The van der Waals surface area contributed by atoms with Gasteiger partial charge in [-0.15, -0.1) is 11.3 Å². The van der Waals surface area contributed by atoms with Gasteiger partial charge in [0, 0.05) is 27.0 Å². The maximum absolute atomic E-state index is 11.5. The predicted molar refractivity (Wildman–Crippen MR) is 81.6 cm³/mol. The van der Waals surface area contributed by atoms with Crippen LogP contribution in [0.3, 0.4) is 0 Å². The van der Waals surface area contributed by atoms with Crippen molar-refractivity contribution in [3.05, 3.63) is 39.0 Å². The lowest BCUT2D eigenvalue weighted by Crippen LogP contribution is -2.15. The van der Waals surface area contributed by atoms with Gasteiger partial charge in [-0.3, -0.25) is 0 Å². The van der Waals surface area contributed by atoms with Crippen LogP contribution in [0.25, 0.3) is 0 Å². The summed E-state index contributed by atoms with van der Waals surface area (Å²) in [6.07, 6.45) is 0. The zero-order chi connectivity index (χ0) is 14.0. The molecule has 2 rings (SSSR count). The van der Waals surface area contributed by atoms with Gasteiger partial charge in [-0.1, -0.05) is 0 Å². The number of thiophene rings is 1. The molecule has 1 heterocycles. The molecular formula is C11H12BrN3O2S2. The van der Waals surface area contributed by atoms with Crippen LogP contribution in [0.15, 0.2) is 39.0 Å². The molecule has 1 aromatic carbocycles. The van der Waals surface area contributed by atoms with Gasteiger partial charge in [0.25, 0.3) is 0 Å².